The topological polar surface area (TPSA) is 52.9 Å². The molecular formula is C12H11F3N2O. The van der Waals surface area contributed by atoms with Gasteiger partial charge in [-0.2, -0.15) is 18.4 Å². The van der Waals surface area contributed by atoms with E-state index in [9.17, 15) is 18.0 Å². The fraction of sp³-hybridized carbons (Fsp3) is 0.333. The number of nitriles is 1. The van der Waals surface area contributed by atoms with Crippen LogP contribution < -0.4 is 5.32 Å². The van der Waals surface area contributed by atoms with Crippen LogP contribution in [-0.2, 0) is 11.0 Å². The van der Waals surface area contributed by atoms with E-state index in [0.717, 1.165) is 12.1 Å². The van der Waals surface area contributed by atoms with E-state index < -0.39 is 23.6 Å². The van der Waals surface area contributed by atoms with E-state index in [0.29, 0.717) is 6.42 Å². The molecular weight excluding hydrogens is 245 g/mol. The van der Waals surface area contributed by atoms with Crippen LogP contribution in [0, 0.1) is 17.2 Å². The number of benzene rings is 1. The van der Waals surface area contributed by atoms with Crippen molar-refractivity contribution in [1.29, 1.82) is 5.26 Å². The average Bonchev–Trinajstić information content (AvgIpc) is 2.29. The van der Waals surface area contributed by atoms with Crippen molar-refractivity contribution in [2.45, 2.75) is 19.5 Å². The van der Waals surface area contributed by atoms with E-state index in [1.54, 1.807) is 13.0 Å². The summed E-state index contributed by atoms with van der Waals surface area (Å²) in [6.45, 7) is 1.65. The third kappa shape index (κ3) is 3.48. The highest BCUT2D eigenvalue weighted by Crippen LogP contribution is 2.30. The molecule has 0 radical (unpaired) electrons. The fourth-order valence-electron chi connectivity index (χ4n) is 1.34. The summed E-state index contributed by atoms with van der Waals surface area (Å²) in [5.74, 6) is -1.46. The second-order valence-electron chi connectivity index (χ2n) is 3.66. The highest BCUT2D eigenvalue weighted by Gasteiger charge is 2.30. The van der Waals surface area contributed by atoms with Crippen molar-refractivity contribution in [1.82, 2.24) is 0 Å². The number of hydrogen-bond donors (Lipinski definition) is 1. The zero-order valence-electron chi connectivity index (χ0n) is 9.58. The summed E-state index contributed by atoms with van der Waals surface area (Å²) in [4.78, 5) is 11.5. The average molecular weight is 256 g/mol. The van der Waals surface area contributed by atoms with Gasteiger partial charge in [0.15, 0.2) is 0 Å². The second kappa shape index (κ2) is 5.54. The lowest BCUT2D eigenvalue weighted by Crippen LogP contribution is -2.21. The zero-order valence-corrected chi connectivity index (χ0v) is 9.58. The molecule has 18 heavy (non-hydrogen) atoms. The molecule has 3 nitrogen and oxygen atoms in total. The molecule has 0 aliphatic rings. The van der Waals surface area contributed by atoms with Crippen molar-refractivity contribution in [2.24, 2.45) is 5.92 Å². The minimum Gasteiger partial charge on any atom is -0.325 e. The smallest absolute Gasteiger partial charge is 0.325 e. The van der Waals surface area contributed by atoms with Crippen molar-refractivity contribution in [2.75, 3.05) is 5.32 Å². The van der Waals surface area contributed by atoms with Gasteiger partial charge in [0.2, 0.25) is 5.91 Å². The summed E-state index contributed by atoms with van der Waals surface area (Å²) >= 11 is 0. The largest absolute Gasteiger partial charge is 0.416 e. The van der Waals surface area contributed by atoms with Gasteiger partial charge in [-0.1, -0.05) is 13.0 Å². The summed E-state index contributed by atoms with van der Waals surface area (Å²) in [5.41, 5.74) is -0.811. The lowest BCUT2D eigenvalue weighted by Gasteiger charge is -2.11. The van der Waals surface area contributed by atoms with E-state index in [4.69, 9.17) is 5.26 Å². The maximum atomic E-state index is 12.4. The molecule has 0 fully saturated rings. The predicted octanol–water partition coefficient (Wildman–Crippen LogP) is 3.19. The predicted molar refractivity (Wildman–Crippen MR) is 59.5 cm³/mol. The SMILES string of the molecule is CCC(C#N)C(=O)Nc1cccc(C(F)(F)F)c1. The lowest BCUT2D eigenvalue weighted by molar-refractivity contribution is -0.137. The molecule has 1 amide bonds. The van der Waals surface area contributed by atoms with Crippen LogP contribution in [0.5, 0.6) is 0 Å². The highest BCUT2D eigenvalue weighted by atomic mass is 19.4. The fourth-order valence-corrected chi connectivity index (χ4v) is 1.34. The first-order valence-electron chi connectivity index (χ1n) is 5.26. The molecule has 6 heteroatoms. The molecule has 1 rings (SSSR count). The number of nitrogens with one attached hydrogen (secondary N) is 1. The number of amides is 1. The van der Waals surface area contributed by atoms with E-state index >= 15 is 0 Å². The van der Waals surface area contributed by atoms with E-state index in [1.165, 1.54) is 12.1 Å². The van der Waals surface area contributed by atoms with Gasteiger partial charge in [0, 0.05) is 5.69 Å². The monoisotopic (exact) mass is 256 g/mol. The number of halogens is 3. The molecule has 0 aromatic heterocycles. The van der Waals surface area contributed by atoms with Crippen LogP contribution in [0.15, 0.2) is 24.3 Å². The Hall–Kier alpha value is -2.03. The Morgan fingerprint density at radius 2 is 2.17 bits per heavy atom. The normalized spacial score (nSPS) is 12.6. The quantitative estimate of drug-likeness (QED) is 0.902. The first kappa shape index (κ1) is 14.0. The highest BCUT2D eigenvalue weighted by molar-refractivity contribution is 5.94. The molecule has 1 aromatic carbocycles. The van der Waals surface area contributed by atoms with Crippen LogP contribution in [0.3, 0.4) is 0 Å². The summed E-state index contributed by atoms with van der Waals surface area (Å²) in [6.07, 6.45) is -4.15. The molecule has 0 aliphatic carbocycles. The van der Waals surface area contributed by atoms with Crippen LogP contribution >= 0.6 is 0 Å². The number of rotatable bonds is 3. The zero-order chi connectivity index (χ0) is 13.8. The van der Waals surface area contributed by atoms with Crippen LogP contribution in [0.4, 0.5) is 18.9 Å². The number of nitrogens with zero attached hydrogens (tertiary/aromatic N) is 1. The van der Waals surface area contributed by atoms with Crippen molar-refractivity contribution in [3.63, 3.8) is 0 Å². The molecule has 96 valence electrons. The lowest BCUT2D eigenvalue weighted by atomic mass is 10.1. The second-order valence-corrected chi connectivity index (χ2v) is 3.66. The van der Waals surface area contributed by atoms with Crippen LogP contribution in [0.2, 0.25) is 0 Å². The maximum absolute atomic E-state index is 12.4. The van der Waals surface area contributed by atoms with Crippen molar-refractivity contribution in [3.8, 4) is 6.07 Å². The minimum absolute atomic E-state index is 0.0310. The van der Waals surface area contributed by atoms with Crippen molar-refractivity contribution in [3.05, 3.63) is 29.8 Å². The van der Waals surface area contributed by atoms with Crippen LogP contribution in [-0.4, -0.2) is 5.91 Å². The first-order valence-corrected chi connectivity index (χ1v) is 5.26. The van der Waals surface area contributed by atoms with E-state index in [-0.39, 0.29) is 5.69 Å². The minimum atomic E-state index is -4.46. The molecule has 1 N–H and O–H groups in total. The van der Waals surface area contributed by atoms with Crippen LogP contribution in [0.25, 0.3) is 0 Å². The number of carbonyl (C=O) groups is 1. The van der Waals surface area contributed by atoms with Gasteiger partial charge in [0.25, 0.3) is 0 Å². The Morgan fingerprint density at radius 3 is 2.67 bits per heavy atom. The van der Waals surface area contributed by atoms with Gasteiger partial charge in [-0.15, -0.1) is 0 Å². The van der Waals surface area contributed by atoms with Crippen molar-refractivity contribution >= 4 is 11.6 Å². The summed E-state index contributed by atoms with van der Waals surface area (Å²) in [5, 5.41) is 11.0. The third-order valence-corrected chi connectivity index (χ3v) is 2.34. The van der Waals surface area contributed by atoms with Gasteiger partial charge in [0.05, 0.1) is 11.6 Å². The molecule has 0 heterocycles. The Kier molecular flexibility index (Phi) is 4.32. The van der Waals surface area contributed by atoms with Crippen LogP contribution in [0.1, 0.15) is 18.9 Å². The third-order valence-electron chi connectivity index (χ3n) is 2.34. The van der Waals surface area contributed by atoms with Gasteiger partial charge >= 0.3 is 6.18 Å². The van der Waals surface area contributed by atoms with Gasteiger partial charge < -0.3 is 5.32 Å². The van der Waals surface area contributed by atoms with Gasteiger partial charge in [0.1, 0.15) is 5.92 Å². The number of carbonyl (C=O) groups excluding carboxylic acids is 1. The number of hydrogen-bond acceptors (Lipinski definition) is 2. The molecule has 0 bridgehead atoms. The summed E-state index contributed by atoms with van der Waals surface area (Å²) < 4.78 is 37.3. The Morgan fingerprint density at radius 1 is 1.50 bits per heavy atom. The Bertz CT molecular complexity index is 477. The molecule has 1 unspecified atom stereocenters. The summed E-state index contributed by atoms with van der Waals surface area (Å²) in [6, 6.07) is 6.08. The molecule has 0 saturated heterocycles. The molecule has 0 aliphatic heterocycles. The number of alkyl halides is 3. The Balaban J connectivity index is 2.87. The standard InChI is InChI=1S/C12H11F3N2O/c1-2-8(7-16)11(18)17-10-5-3-4-9(6-10)12(13,14)15/h3-6,8H,2H2,1H3,(H,17,18). The molecule has 0 spiro atoms. The van der Waals surface area contributed by atoms with Crippen molar-refractivity contribution < 1.29 is 18.0 Å². The summed E-state index contributed by atoms with van der Waals surface area (Å²) in [7, 11) is 0. The Labute approximate surface area is 102 Å². The molecule has 1 aromatic rings. The van der Waals surface area contributed by atoms with Gasteiger partial charge in [-0.05, 0) is 24.6 Å². The van der Waals surface area contributed by atoms with E-state index in [2.05, 4.69) is 5.32 Å². The van der Waals surface area contributed by atoms with Gasteiger partial charge in [-0.25, -0.2) is 0 Å². The molecule has 0 saturated carbocycles. The number of anilines is 1. The maximum Gasteiger partial charge on any atom is 0.416 e. The molecule has 1 atom stereocenters. The van der Waals surface area contributed by atoms with E-state index in [1.807, 2.05) is 0 Å². The van der Waals surface area contributed by atoms with Gasteiger partial charge in [-0.3, -0.25) is 4.79 Å². The first-order chi connectivity index (χ1) is 8.38.